The van der Waals surface area contributed by atoms with Crippen LogP contribution in [-0.2, 0) is 0 Å². The van der Waals surface area contributed by atoms with Gasteiger partial charge in [-0.25, -0.2) is 0 Å². The Morgan fingerprint density at radius 2 is 2.06 bits per heavy atom. The summed E-state index contributed by atoms with van der Waals surface area (Å²) in [5.41, 5.74) is 2.25. The van der Waals surface area contributed by atoms with E-state index in [4.69, 9.17) is 0 Å². The summed E-state index contributed by atoms with van der Waals surface area (Å²) in [6.07, 6.45) is 10.2. The zero-order valence-electron chi connectivity index (χ0n) is 11.0. The van der Waals surface area contributed by atoms with E-state index in [1.54, 1.807) is 0 Å². The van der Waals surface area contributed by atoms with Crippen molar-refractivity contribution in [3.05, 3.63) is 23.8 Å². The first-order valence-electron chi connectivity index (χ1n) is 6.43. The molecule has 0 spiro atoms. The van der Waals surface area contributed by atoms with E-state index in [9.17, 15) is 5.11 Å². The molecule has 0 heterocycles. The molecule has 2 aliphatic rings. The van der Waals surface area contributed by atoms with E-state index in [1.807, 2.05) is 13.0 Å². The van der Waals surface area contributed by atoms with E-state index < -0.39 is 0 Å². The molecule has 0 aromatic carbocycles. The van der Waals surface area contributed by atoms with E-state index in [1.165, 1.54) is 24.8 Å². The summed E-state index contributed by atoms with van der Waals surface area (Å²) < 4.78 is 0. The number of hydrogen-bond acceptors (Lipinski definition) is 1. The monoisotopic (exact) mass is 220 g/mol. The Labute approximate surface area is 99.3 Å². The summed E-state index contributed by atoms with van der Waals surface area (Å²) in [4.78, 5) is 0. The summed E-state index contributed by atoms with van der Waals surface area (Å²) in [6, 6.07) is 0. The lowest BCUT2D eigenvalue weighted by atomic mass is 9.69. The molecule has 0 amide bonds. The van der Waals surface area contributed by atoms with Gasteiger partial charge in [-0.05, 0) is 49.9 Å². The van der Waals surface area contributed by atoms with Crippen LogP contribution in [0, 0.1) is 16.7 Å². The van der Waals surface area contributed by atoms with E-state index >= 15 is 0 Å². The first-order valence-corrected chi connectivity index (χ1v) is 6.43. The minimum atomic E-state index is -0.309. The molecule has 1 nitrogen and oxygen atoms in total. The molecule has 90 valence electrons. The SMILES string of the molecule is CC1=CCC(C2(/C=C/C(C)O)CC2)C1(C)C. The molecule has 2 rings (SSSR count). The van der Waals surface area contributed by atoms with Crippen LogP contribution in [0.2, 0.25) is 0 Å². The predicted octanol–water partition coefficient (Wildman–Crippen LogP) is 3.70. The highest BCUT2D eigenvalue weighted by atomic mass is 16.3. The van der Waals surface area contributed by atoms with Gasteiger partial charge in [0.25, 0.3) is 0 Å². The summed E-state index contributed by atoms with van der Waals surface area (Å²) in [5.74, 6) is 0.731. The smallest absolute Gasteiger partial charge is 0.0692 e. The van der Waals surface area contributed by atoms with Crippen molar-refractivity contribution in [2.75, 3.05) is 0 Å². The van der Waals surface area contributed by atoms with Gasteiger partial charge in [0.05, 0.1) is 6.10 Å². The fourth-order valence-electron chi connectivity index (χ4n) is 3.19. The van der Waals surface area contributed by atoms with Gasteiger partial charge >= 0.3 is 0 Å². The third kappa shape index (κ3) is 1.86. The molecule has 1 heteroatoms. The van der Waals surface area contributed by atoms with Crippen molar-refractivity contribution in [2.24, 2.45) is 16.7 Å². The molecule has 1 N–H and O–H groups in total. The third-order valence-corrected chi connectivity index (χ3v) is 4.78. The number of aliphatic hydroxyl groups is 1. The van der Waals surface area contributed by atoms with Crippen LogP contribution in [0.25, 0.3) is 0 Å². The average Bonchev–Trinajstić information content (AvgIpc) is 2.90. The van der Waals surface area contributed by atoms with Gasteiger partial charge in [-0.15, -0.1) is 0 Å². The summed E-state index contributed by atoms with van der Waals surface area (Å²) >= 11 is 0. The Kier molecular flexibility index (Phi) is 2.78. The van der Waals surface area contributed by atoms with E-state index in [2.05, 4.69) is 32.9 Å². The number of aliphatic hydroxyl groups excluding tert-OH is 1. The van der Waals surface area contributed by atoms with Crippen LogP contribution < -0.4 is 0 Å². The third-order valence-electron chi connectivity index (χ3n) is 4.78. The van der Waals surface area contributed by atoms with Gasteiger partial charge in [-0.3, -0.25) is 0 Å². The molecule has 2 aliphatic carbocycles. The Morgan fingerprint density at radius 3 is 2.44 bits per heavy atom. The maximum atomic E-state index is 9.37. The van der Waals surface area contributed by atoms with Gasteiger partial charge in [-0.2, -0.15) is 0 Å². The van der Waals surface area contributed by atoms with Crippen LogP contribution in [0.15, 0.2) is 23.8 Å². The van der Waals surface area contributed by atoms with Crippen LogP contribution in [0.1, 0.15) is 47.0 Å². The van der Waals surface area contributed by atoms with Crippen LogP contribution >= 0.6 is 0 Å². The fourth-order valence-corrected chi connectivity index (χ4v) is 3.19. The molecule has 2 unspecified atom stereocenters. The lowest BCUT2D eigenvalue weighted by molar-refractivity contribution is 0.207. The van der Waals surface area contributed by atoms with Gasteiger partial charge in [0.2, 0.25) is 0 Å². The fraction of sp³-hybridized carbons (Fsp3) is 0.733. The van der Waals surface area contributed by atoms with Gasteiger partial charge in [0.15, 0.2) is 0 Å². The Bertz CT molecular complexity index is 329. The molecule has 0 radical (unpaired) electrons. The largest absolute Gasteiger partial charge is 0.389 e. The quantitative estimate of drug-likeness (QED) is 0.719. The number of allylic oxidation sites excluding steroid dienone is 3. The van der Waals surface area contributed by atoms with Crippen molar-refractivity contribution < 1.29 is 5.11 Å². The van der Waals surface area contributed by atoms with Crippen LogP contribution in [0.4, 0.5) is 0 Å². The summed E-state index contributed by atoms with van der Waals surface area (Å²) in [7, 11) is 0. The van der Waals surface area contributed by atoms with Gasteiger partial charge in [0, 0.05) is 0 Å². The minimum Gasteiger partial charge on any atom is -0.389 e. The molecule has 0 aromatic heterocycles. The molecule has 0 bridgehead atoms. The zero-order valence-corrected chi connectivity index (χ0v) is 11.0. The van der Waals surface area contributed by atoms with Crippen LogP contribution in [-0.4, -0.2) is 11.2 Å². The second kappa shape index (κ2) is 3.73. The highest BCUT2D eigenvalue weighted by Crippen LogP contribution is 2.63. The topological polar surface area (TPSA) is 20.2 Å². The Morgan fingerprint density at radius 1 is 1.44 bits per heavy atom. The lowest BCUT2D eigenvalue weighted by Crippen LogP contribution is -2.28. The van der Waals surface area contributed by atoms with Crippen LogP contribution in [0.5, 0.6) is 0 Å². The highest BCUT2D eigenvalue weighted by molar-refractivity contribution is 5.26. The van der Waals surface area contributed by atoms with Gasteiger partial charge < -0.3 is 5.11 Å². The first kappa shape index (κ1) is 11.9. The normalized spacial score (nSPS) is 32.8. The first-order chi connectivity index (χ1) is 7.38. The molecular formula is C15H24O. The molecule has 0 aromatic rings. The number of hydrogen-bond donors (Lipinski definition) is 1. The lowest BCUT2D eigenvalue weighted by Gasteiger charge is -2.35. The molecule has 2 atom stereocenters. The second-order valence-electron chi connectivity index (χ2n) is 6.23. The zero-order chi connectivity index (χ0) is 12.0. The number of rotatable bonds is 3. The average molecular weight is 220 g/mol. The standard InChI is InChI=1S/C15H24O/c1-11-5-6-13(14(11,3)4)15(9-10-15)8-7-12(2)16/h5,7-8,12-13,16H,6,9-10H2,1-4H3/b8-7+. The van der Waals surface area contributed by atoms with Crippen molar-refractivity contribution in [3.8, 4) is 0 Å². The van der Waals surface area contributed by atoms with Crippen LogP contribution in [0.3, 0.4) is 0 Å². The Hall–Kier alpha value is -0.560. The molecular weight excluding hydrogens is 196 g/mol. The molecule has 16 heavy (non-hydrogen) atoms. The Balaban J connectivity index is 2.15. The minimum absolute atomic E-state index is 0.309. The molecule has 1 fully saturated rings. The van der Waals surface area contributed by atoms with Gasteiger partial charge in [0.1, 0.15) is 0 Å². The van der Waals surface area contributed by atoms with Crippen molar-refractivity contribution in [2.45, 2.75) is 53.1 Å². The maximum absolute atomic E-state index is 9.37. The maximum Gasteiger partial charge on any atom is 0.0692 e. The van der Waals surface area contributed by atoms with Crippen molar-refractivity contribution in [1.82, 2.24) is 0 Å². The molecule has 0 aliphatic heterocycles. The van der Waals surface area contributed by atoms with E-state index in [0.29, 0.717) is 10.8 Å². The second-order valence-corrected chi connectivity index (χ2v) is 6.23. The highest BCUT2D eigenvalue weighted by Gasteiger charge is 2.54. The van der Waals surface area contributed by atoms with Crippen molar-refractivity contribution in [3.63, 3.8) is 0 Å². The van der Waals surface area contributed by atoms with E-state index in [-0.39, 0.29) is 6.10 Å². The molecule has 0 saturated heterocycles. The predicted molar refractivity (Wildman–Crippen MR) is 68.1 cm³/mol. The summed E-state index contributed by atoms with van der Waals surface area (Å²) in [5, 5.41) is 9.37. The van der Waals surface area contributed by atoms with Crippen molar-refractivity contribution in [1.29, 1.82) is 0 Å². The van der Waals surface area contributed by atoms with Gasteiger partial charge in [-0.1, -0.05) is 37.6 Å². The van der Waals surface area contributed by atoms with E-state index in [0.717, 1.165) is 5.92 Å². The summed E-state index contributed by atoms with van der Waals surface area (Å²) in [6.45, 7) is 8.82. The van der Waals surface area contributed by atoms with Crippen molar-refractivity contribution >= 4 is 0 Å². The molecule has 1 saturated carbocycles.